The molecule has 0 spiro atoms. The SMILES string of the molecule is CNC(CCCC(F)(F)F)c1cc(C)ccc1F. The minimum Gasteiger partial charge on any atom is -0.313 e. The number of aryl methyl sites for hydroxylation is 1. The Kier molecular flexibility index (Phi) is 5.14. The van der Waals surface area contributed by atoms with Gasteiger partial charge in [0.05, 0.1) is 0 Å². The minimum atomic E-state index is -4.15. The maximum atomic E-state index is 13.6. The lowest BCUT2D eigenvalue weighted by atomic mass is 9.99. The van der Waals surface area contributed by atoms with E-state index in [2.05, 4.69) is 5.32 Å². The smallest absolute Gasteiger partial charge is 0.313 e. The van der Waals surface area contributed by atoms with Gasteiger partial charge in [-0.25, -0.2) is 4.39 Å². The van der Waals surface area contributed by atoms with Gasteiger partial charge in [0.1, 0.15) is 5.82 Å². The second-order valence-corrected chi connectivity index (χ2v) is 4.37. The molecule has 1 nitrogen and oxygen atoms in total. The van der Waals surface area contributed by atoms with E-state index in [4.69, 9.17) is 0 Å². The zero-order valence-corrected chi connectivity index (χ0v) is 10.4. The maximum Gasteiger partial charge on any atom is 0.389 e. The van der Waals surface area contributed by atoms with Gasteiger partial charge >= 0.3 is 6.18 Å². The largest absolute Gasteiger partial charge is 0.389 e. The van der Waals surface area contributed by atoms with Gasteiger partial charge in [-0.3, -0.25) is 0 Å². The lowest BCUT2D eigenvalue weighted by Gasteiger charge is -2.18. The van der Waals surface area contributed by atoms with Crippen LogP contribution < -0.4 is 5.32 Å². The molecule has 0 aliphatic heterocycles. The Morgan fingerprint density at radius 2 is 1.94 bits per heavy atom. The fourth-order valence-corrected chi connectivity index (χ4v) is 1.89. The van der Waals surface area contributed by atoms with Crippen molar-refractivity contribution >= 4 is 0 Å². The molecule has 0 aliphatic rings. The third-order valence-electron chi connectivity index (χ3n) is 2.83. The van der Waals surface area contributed by atoms with Crippen LogP contribution in [0.25, 0.3) is 0 Å². The lowest BCUT2D eigenvalue weighted by Crippen LogP contribution is -2.19. The third-order valence-corrected chi connectivity index (χ3v) is 2.83. The lowest BCUT2D eigenvalue weighted by molar-refractivity contribution is -0.135. The van der Waals surface area contributed by atoms with Crippen LogP contribution in [0, 0.1) is 12.7 Å². The Balaban J connectivity index is 2.68. The maximum absolute atomic E-state index is 13.6. The zero-order valence-electron chi connectivity index (χ0n) is 10.4. The van der Waals surface area contributed by atoms with E-state index < -0.39 is 12.6 Å². The molecule has 5 heteroatoms. The van der Waals surface area contributed by atoms with Crippen LogP contribution in [-0.4, -0.2) is 13.2 Å². The molecule has 0 aromatic heterocycles. The summed E-state index contributed by atoms with van der Waals surface area (Å²) in [6, 6.07) is 4.27. The van der Waals surface area contributed by atoms with Gasteiger partial charge in [0.2, 0.25) is 0 Å². The van der Waals surface area contributed by atoms with Crippen LogP contribution >= 0.6 is 0 Å². The van der Waals surface area contributed by atoms with E-state index in [0.29, 0.717) is 5.56 Å². The van der Waals surface area contributed by atoms with Crippen LogP contribution in [0.4, 0.5) is 17.6 Å². The molecular weight excluding hydrogens is 246 g/mol. The Morgan fingerprint density at radius 1 is 1.28 bits per heavy atom. The van der Waals surface area contributed by atoms with Gasteiger partial charge in [0.25, 0.3) is 0 Å². The molecule has 0 aliphatic carbocycles. The predicted molar refractivity (Wildman–Crippen MR) is 62.8 cm³/mol. The molecule has 0 fully saturated rings. The molecule has 1 atom stereocenters. The summed E-state index contributed by atoms with van der Waals surface area (Å²) in [5.41, 5.74) is 1.32. The normalized spacial score (nSPS) is 13.7. The highest BCUT2D eigenvalue weighted by molar-refractivity contribution is 5.26. The first-order valence-electron chi connectivity index (χ1n) is 5.83. The highest BCUT2D eigenvalue weighted by atomic mass is 19.4. The van der Waals surface area contributed by atoms with E-state index in [-0.39, 0.29) is 24.7 Å². The van der Waals surface area contributed by atoms with Crippen LogP contribution in [0.5, 0.6) is 0 Å². The number of hydrogen-bond donors (Lipinski definition) is 1. The molecule has 1 N–H and O–H groups in total. The minimum absolute atomic E-state index is 0.0115. The van der Waals surface area contributed by atoms with Crippen LogP contribution in [-0.2, 0) is 0 Å². The van der Waals surface area contributed by atoms with Gasteiger partial charge in [-0.1, -0.05) is 17.7 Å². The molecule has 0 bridgehead atoms. The summed E-state index contributed by atoms with van der Waals surface area (Å²) in [6.07, 6.45) is -4.74. The summed E-state index contributed by atoms with van der Waals surface area (Å²) >= 11 is 0. The van der Waals surface area contributed by atoms with Gasteiger partial charge in [-0.2, -0.15) is 13.2 Å². The molecular formula is C13H17F4N. The highest BCUT2D eigenvalue weighted by Gasteiger charge is 2.27. The molecule has 0 heterocycles. The van der Waals surface area contributed by atoms with E-state index in [1.807, 2.05) is 6.92 Å². The van der Waals surface area contributed by atoms with E-state index in [9.17, 15) is 17.6 Å². The summed E-state index contributed by atoms with van der Waals surface area (Å²) in [5, 5.41) is 2.87. The molecule has 0 radical (unpaired) electrons. The van der Waals surface area contributed by atoms with E-state index in [1.54, 1.807) is 19.2 Å². The number of benzene rings is 1. The van der Waals surface area contributed by atoms with Crippen molar-refractivity contribution in [3.05, 3.63) is 35.1 Å². The summed E-state index contributed by atoms with van der Waals surface area (Å²) in [4.78, 5) is 0. The molecule has 1 unspecified atom stereocenters. The number of hydrogen-bond acceptors (Lipinski definition) is 1. The summed E-state index contributed by atoms with van der Waals surface area (Å²) < 4.78 is 49.8. The fraction of sp³-hybridized carbons (Fsp3) is 0.538. The molecule has 1 aromatic rings. The van der Waals surface area contributed by atoms with Gasteiger partial charge in [-0.15, -0.1) is 0 Å². The fourth-order valence-electron chi connectivity index (χ4n) is 1.89. The van der Waals surface area contributed by atoms with Crippen molar-refractivity contribution in [2.45, 2.75) is 38.4 Å². The average molecular weight is 263 g/mol. The van der Waals surface area contributed by atoms with E-state index >= 15 is 0 Å². The summed E-state index contributed by atoms with van der Waals surface area (Å²) in [7, 11) is 1.63. The van der Waals surface area contributed by atoms with Crippen molar-refractivity contribution in [1.29, 1.82) is 0 Å². The Morgan fingerprint density at radius 3 is 2.50 bits per heavy atom. The standard InChI is InChI=1S/C13H17F4N/c1-9-5-6-11(14)10(8-9)12(18-2)4-3-7-13(15,16)17/h5-6,8,12,18H,3-4,7H2,1-2H3. The van der Waals surface area contributed by atoms with Crippen molar-refractivity contribution < 1.29 is 17.6 Å². The molecule has 102 valence electrons. The van der Waals surface area contributed by atoms with Crippen LogP contribution in [0.3, 0.4) is 0 Å². The van der Waals surface area contributed by atoms with Crippen LogP contribution in [0.15, 0.2) is 18.2 Å². The quantitative estimate of drug-likeness (QED) is 0.788. The van der Waals surface area contributed by atoms with Crippen molar-refractivity contribution in [3.8, 4) is 0 Å². The van der Waals surface area contributed by atoms with Gasteiger partial charge in [0.15, 0.2) is 0 Å². The molecule has 18 heavy (non-hydrogen) atoms. The topological polar surface area (TPSA) is 12.0 Å². The summed E-state index contributed by atoms with van der Waals surface area (Å²) in [5.74, 6) is -0.382. The summed E-state index contributed by atoms with van der Waals surface area (Å²) in [6.45, 7) is 1.82. The zero-order chi connectivity index (χ0) is 13.8. The average Bonchev–Trinajstić information content (AvgIpc) is 2.27. The Bertz CT molecular complexity index is 387. The third kappa shape index (κ3) is 4.64. The first-order chi connectivity index (χ1) is 8.33. The molecule has 1 aromatic carbocycles. The number of alkyl halides is 3. The van der Waals surface area contributed by atoms with Gasteiger partial charge < -0.3 is 5.32 Å². The Labute approximate surface area is 104 Å². The van der Waals surface area contributed by atoms with E-state index in [1.165, 1.54) is 6.07 Å². The van der Waals surface area contributed by atoms with Crippen molar-refractivity contribution in [1.82, 2.24) is 5.32 Å². The Hall–Kier alpha value is -1.10. The van der Waals surface area contributed by atoms with Crippen molar-refractivity contribution in [2.24, 2.45) is 0 Å². The second-order valence-electron chi connectivity index (χ2n) is 4.37. The molecule has 0 amide bonds. The number of nitrogens with one attached hydrogen (secondary N) is 1. The van der Waals surface area contributed by atoms with Crippen LogP contribution in [0.2, 0.25) is 0 Å². The van der Waals surface area contributed by atoms with Crippen LogP contribution in [0.1, 0.15) is 36.4 Å². The van der Waals surface area contributed by atoms with Gasteiger partial charge in [-0.05, 0) is 32.9 Å². The monoisotopic (exact) mass is 263 g/mol. The molecule has 0 saturated carbocycles. The first-order valence-corrected chi connectivity index (χ1v) is 5.83. The van der Waals surface area contributed by atoms with Crippen molar-refractivity contribution in [2.75, 3.05) is 7.05 Å². The van der Waals surface area contributed by atoms with Crippen molar-refractivity contribution in [3.63, 3.8) is 0 Å². The highest BCUT2D eigenvalue weighted by Crippen LogP contribution is 2.27. The molecule has 0 saturated heterocycles. The predicted octanol–water partition coefficient (Wildman–Crippen LogP) is 4.13. The number of halogens is 4. The number of rotatable bonds is 5. The second kappa shape index (κ2) is 6.18. The molecule has 1 rings (SSSR count). The van der Waals surface area contributed by atoms with Gasteiger partial charge in [0, 0.05) is 18.0 Å². The first kappa shape index (κ1) is 15.0. The van der Waals surface area contributed by atoms with E-state index in [0.717, 1.165) is 5.56 Å².